The Kier molecular flexibility index (Phi) is 4.84. The second kappa shape index (κ2) is 6.20. The Balaban J connectivity index is 3.09. The summed E-state index contributed by atoms with van der Waals surface area (Å²) >= 11 is 0. The molecule has 1 unspecified atom stereocenters. The molecule has 1 rings (SSSR count). The van der Waals surface area contributed by atoms with E-state index in [1.54, 1.807) is 5.32 Å². The molecule has 0 aliphatic carbocycles. The fourth-order valence-corrected chi connectivity index (χ4v) is 1.38. The number of aliphatic carboxylic acids is 1. The van der Waals surface area contributed by atoms with Crippen LogP contribution in [0.25, 0.3) is 0 Å². The van der Waals surface area contributed by atoms with Crippen molar-refractivity contribution in [1.29, 1.82) is 0 Å². The van der Waals surface area contributed by atoms with Crippen LogP contribution in [0.1, 0.15) is 16.8 Å². The van der Waals surface area contributed by atoms with E-state index < -0.39 is 59.1 Å². The van der Waals surface area contributed by atoms with Crippen LogP contribution in [0.3, 0.4) is 0 Å². The van der Waals surface area contributed by atoms with Gasteiger partial charge in [0.05, 0.1) is 12.0 Å². The summed E-state index contributed by atoms with van der Waals surface area (Å²) in [6.45, 7) is 0. The Hall–Kier alpha value is -2.65. The standard InChI is InChI=1S/C11H8F4N2O4/c12-4-1-3(7(13)9(15)8(4)14)10(19)17-5(11(20)21)2-6(16)18/h1,5H,2H2,(H2,16,18)(H,17,19)(H,20,21). The van der Waals surface area contributed by atoms with Crippen LogP contribution >= 0.6 is 0 Å². The molecule has 21 heavy (non-hydrogen) atoms. The molecule has 0 aliphatic heterocycles. The van der Waals surface area contributed by atoms with Crippen molar-refractivity contribution in [2.24, 2.45) is 5.73 Å². The first-order valence-electron chi connectivity index (χ1n) is 5.30. The third-order valence-electron chi connectivity index (χ3n) is 2.36. The molecule has 0 aromatic heterocycles. The van der Waals surface area contributed by atoms with Gasteiger partial charge in [0.25, 0.3) is 5.91 Å². The lowest BCUT2D eigenvalue weighted by molar-refractivity contribution is -0.140. The molecule has 0 bridgehead atoms. The number of carbonyl (C=O) groups is 3. The molecule has 114 valence electrons. The van der Waals surface area contributed by atoms with Crippen molar-refractivity contribution in [3.05, 3.63) is 34.9 Å². The van der Waals surface area contributed by atoms with Gasteiger partial charge in [-0.2, -0.15) is 0 Å². The maximum Gasteiger partial charge on any atom is 0.326 e. The van der Waals surface area contributed by atoms with Crippen LogP contribution in [0, 0.1) is 23.3 Å². The van der Waals surface area contributed by atoms with Crippen LogP contribution < -0.4 is 11.1 Å². The van der Waals surface area contributed by atoms with E-state index in [0.29, 0.717) is 0 Å². The lowest BCUT2D eigenvalue weighted by Gasteiger charge is -2.13. The quantitative estimate of drug-likeness (QED) is 0.413. The van der Waals surface area contributed by atoms with Gasteiger partial charge in [-0.05, 0) is 6.07 Å². The van der Waals surface area contributed by atoms with Gasteiger partial charge in [0.1, 0.15) is 6.04 Å². The summed E-state index contributed by atoms with van der Waals surface area (Å²) in [5.41, 5.74) is 3.50. The Morgan fingerprint density at radius 2 is 1.71 bits per heavy atom. The summed E-state index contributed by atoms with van der Waals surface area (Å²) in [5, 5.41) is 10.4. The van der Waals surface area contributed by atoms with Gasteiger partial charge in [-0.25, -0.2) is 22.4 Å². The summed E-state index contributed by atoms with van der Waals surface area (Å²) in [7, 11) is 0. The molecule has 1 atom stereocenters. The summed E-state index contributed by atoms with van der Waals surface area (Å²) in [6, 6.07) is -1.77. The molecule has 0 saturated heterocycles. The van der Waals surface area contributed by atoms with Crippen LogP contribution in [0.4, 0.5) is 17.6 Å². The zero-order chi connectivity index (χ0) is 16.3. The number of amides is 2. The van der Waals surface area contributed by atoms with E-state index in [1.165, 1.54) is 0 Å². The van der Waals surface area contributed by atoms with E-state index in [9.17, 15) is 31.9 Å². The highest BCUT2D eigenvalue weighted by Gasteiger charge is 2.27. The van der Waals surface area contributed by atoms with Crippen LogP contribution in [-0.2, 0) is 9.59 Å². The number of rotatable bonds is 5. The fraction of sp³-hybridized carbons (Fsp3) is 0.182. The average molecular weight is 308 g/mol. The van der Waals surface area contributed by atoms with Crippen LogP contribution in [0.5, 0.6) is 0 Å². The average Bonchev–Trinajstić information content (AvgIpc) is 2.38. The summed E-state index contributed by atoms with van der Waals surface area (Å²) in [6.07, 6.45) is -0.825. The van der Waals surface area contributed by atoms with Gasteiger partial charge in [-0.3, -0.25) is 9.59 Å². The molecule has 4 N–H and O–H groups in total. The number of primary amides is 1. The van der Waals surface area contributed by atoms with Gasteiger partial charge in [0.15, 0.2) is 23.3 Å². The molecule has 0 spiro atoms. The number of benzene rings is 1. The first kappa shape index (κ1) is 16.4. The Morgan fingerprint density at radius 1 is 1.14 bits per heavy atom. The molecular formula is C11H8F4N2O4. The van der Waals surface area contributed by atoms with Gasteiger partial charge in [0.2, 0.25) is 5.91 Å². The highest BCUT2D eigenvalue weighted by atomic mass is 19.2. The maximum atomic E-state index is 13.3. The Labute approximate surface area is 114 Å². The maximum absolute atomic E-state index is 13.3. The largest absolute Gasteiger partial charge is 0.480 e. The summed E-state index contributed by atoms with van der Waals surface area (Å²) < 4.78 is 51.9. The Morgan fingerprint density at radius 3 is 2.19 bits per heavy atom. The van der Waals surface area contributed by atoms with E-state index >= 15 is 0 Å². The molecule has 0 aliphatic rings. The zero-order valence-corrected chi connectivity index (χ0v) is 10.1. The predicted molar refractivity (Wildman–Crippen MR) is 59.0 cm³/mol. The van der Waals surface area contributed by atoms with E-state index in [-0.39, 0.29) is 6.07 Å². The van der Waals surface area contributed by atoms with E-state index in [0.717, 1.165) is 0 Å². The van der Waals surface area contributed by atoms with Crippen molar-refractivity contribution in [3.63, 3.8) is 0 Å². The molecule has 0 radical (unpaired) electrons. The lowest BCUT2D eigenvalue weighted by Crippen LogP contribution is -2.43. The minimum atomic E-state index is -2.22. The molecular weight excluding hydrogens is 300 g/mol. The van der Waals surface area contributed by atoms with Crippen LogP contribution in [0.15, 0.2) is 6.07 Å². The second-order valence-corrected chi connectivity index (χ2v) is 3.88. The molecule has 6 nitrogen and oxygen atoms in total. The van der Waals surface area contributed by atoms with Gasteiger partial charge < -0.3 is 16.2 Å². The minimum Gasteiger partial charge on any atom is -0.480 e. The lowest BCUT2D eigenvalue weighted by atomic mass is 10.1. The number of carboxylic acids is 1. The number of hydrogen-bond acceptors (Lipinski definition) is 3. The van der Waals surface area contributed by atoms with Crippen LogP contribution in [-0.4, -0.2) is 28.9 Å². The zero-order valence-electron chi connectivity index (χ0n) is 10.1. The summed E-state index contributed by atoms with van der Waals surface area (Å²) in [4.78, 5) is 32.9. The fourth-order valence-electron chi connectivity index (χ4n) is 1.38. The van der Waals surface area contributed by atoms with Crippen molar-refractivity contribution in [1.82, 2.24) is 5.32 Å². The van der Waals surface area contributed by atoms with E-state index in [2.05, 4.69) is 0 Å². The molecule has 0 fully saturated rings. The van der Waals surface area contributed by atoms with Crippen molar-refractivity contribution in [2.75, 3.05) is 0 Å². The van der Waals surface area contributed by atoms with E-state index in [1.807, 2.05) is 0 Å². The number of halogens is 4. The third kappa shape index (κ3) is 3.68. The van der Waals surface area contributed by atoms with Crippen molar-refractivity contribution in [2.45, 2.75) is 12.5 Å². The molecule has 2 amide bonds. The highest BCUT2D eigenvalue weighted by molar-refractivity contribution is 5.97. The Bertz CT molecular complexity index is 621. The van der Waals surface area contributed by atoms with Gasteiger partial charge in [-0.1, -0.05) is 0 Å². The molecule has 1 aromatic carbocycles. The second-order valence-electron chi connectivity index (χ2n) is 3.88. The van der Waals surface area contributed by atoms with Crippen molar-refractivity contribution < 1.29 is 37.1 Å². The van der Waals surface area contributed by atoms with Gasteiger partial charge in [-0.15, -0.1) is 0 Å². The molecule has 0 heterocycles. The third-order valence-corrected chi connectivity index (χ3v) is 2.36. The predicted octanol–water partition coefficient (Wildman–Crippen LogP) is 0.301. The number of hydrogen-bond donors (Lipinski definition) is 3. The SMILES string of the molecule is NC(=O)CC(NC(=O)c1cc(F)c(F)c(F)c1F)C(=O)O. The monoisotopic (exact) mass is 308 g/mol. The topological polar surface area (TPSA) is 109 Å². The molecule has 0 saturated carbocycles. The first-order chi connectivity index (χ1) is 9.65. The number of carboxylic acid groups (broad SMARTS) is 1. The number of carbonyl (C=O) groups excluding carboxylic acids is 2. The summed E-state index contributed by atoms with van der Waals surface area (Å²) in [5.74, 6) is -12.5. The van der Waals surface area contributed by atoms with E-state index in [4.69, 9.17) is 10.8 Å². The smallest absolute Gasteiger partial charge is 0.326 e. The van der Waals surface area contributed by atoms with Crippen LogP contribution in [0.2, 0.25) is 0 Å². The normalized spacial score (nSPS) is 11.8. The highest BCUT2D eigenvalue weighted by Crippen LogP contribution is 2.18. The minimum absolute atomic E-state index is 0.0618. The molecule has 1 aromatic rings. The number of nitrogens with one attached hydrogen (secondary N) is 1. The molecule has 10 heteroatoms. The first-order valence-corrected chi connectivity index (χ1v) is 5.30. The number of nitrogens with two attached hydrogens (primary N) is 1. The van der Waals surface area contributed by atoms with Gasteiger partial charge in [0, 0.05) is 0 Å². The van der Waals surface area contributed by atoms with Crippen molar-refractivity contribution in [3.8, 4) is 0 Å². The van der Waals surface area contributed by atoms with Crippen molar-refractivity contribution >= 4 is 17.8 Å². The van der Waals surface area contributed by atoms with Gasteiger partial charge >= 0.3 is 5.97 Å².